The van der Waals surface area contributed by atoms with Crippen molar-refractivity contribution in [2.75, 3.05) is 18.7 Å². The van der Waals surface area contributed by atoms with Gasteiger partial charge in [-0.1, -0.05) is 0 Å². The Morgan fingerprint density at radius 1 is 1.27 bits per heavy atom. The molecule has 0 spiro atoms. The molecule has 1 amide bonds. The molecule has 0 aliphatic rings. The highest BCUT2D eigenvalue weighted by molar-refractivity contribution is 9.10. The summed E-state index contributed by atoms with van der Waals surface area (Å²) in [5, 5.41) is 2.64. The lowest BCUT2D eigenvalue weighted by Crippen LogP contribution is -2.13. The lowest BCUT2D eigenvalue weighted by Gasteiger charge is -2.10. The third-order valence-corrected chi connectivity index (χ3v) is 4.40. The number of sulfone groups is 1. The van der Waals surface area contributed by atoms with E-state index in [4.69, 9.17) is 4.74 Å². The van der Waals surface area contributed by atoms with E-state index in [1.807, 2.05) is 0 Å². The minimum Gasteiger partial charge on any atom is -0.495 e. The van der Waals surface area contributed by atoms with Crippen LogP contribution in [0.5, 0.6) is 5.75 Å². The summed E-state index contributed by atoms with van der Waals surface area (Å²) >= 11 is 3.20. The Kier molecular flexibility index (Phi) is 4.82. The van der Waals surface area contributed by atoms with Gasteiger partial charge in [0.25, 0.3) is 5.91 Å². The molecule has 0 saturated carbocycles. The van der Waals surface area contributed by atoms with Crippen LogP contribution < -0.4 is 10.1 Å². The first-order chi connectivity index (χ1) is 10.3. The highest BCUT2D eigenvalue weighted by Crippen LogP contribution is 2.25. The van der Waals surface area contributed by atoms with Crippen LogP contribution in [0.4, 0.5) is 5.69 Å². The second kappa shape index (κ2) is 6.45. The normalized spacial score (nSPS) is 11.0. The van der Waals surface area contributed by atoms with Crippen LogP contribution in [0.1, 0.15) is 10.4 Å². The molecule has 8 heteroatoms. The summed E-state index contributed by atoms with van der Waals surface area (Å²) in [6, 6.07) is 7.59. The van der Waals surface area contributed by atoms with E-state index < -0.39 is 15.7 Å². The molecule has 116 valence electrons. The number of nitrogens with one attached hydrogen (secondary N) is 1. The van der Waals surface area contributed by atoms with E-state index in [2.05, 4.69) is 26.2 Å². The molecule has 2 aromatic rings. The van der Waals surface area contributed by atoms with Crippen molar-refractivity contribution in [1.82, 2.24) is 4.98 Å². The molecule has 0 radical (unpaired) electrons. The molecule has 0 fully saturated rings. The molecule has 0 saturated heterocycles. The maximum atomic E-state index is 12.2. The Labute approximate surface area is 136 Å². The van der Waals surface area contributed by atoms with Crippen molar-refractivity contribution in [2.45, 2.75) is 4.90 Å². The van der Waals surface area contributed by atoms with Crippen molar-refractivity contribution in [2.24, 2.45) is 0 Å². The number of carbonyl (C=O) groups is 1. The van der Waals surface area contributed by atoms with E-state index in [0.717, 1.165) is 6.26 Å². The van der Waals surface area contributed by atoms with E-state index >= 15 is 0 Å². The molecule has 2 rings (SSSR count). The zero-order valence-corrected chi connectivity index (χ0v) is 14.2. The molecular formula is C14H13BrN2O4S. The molecule has 0 bridgehead atoms. The molecule has 0 aliphatic heterocycles. The molecule has 22 heavy (non-hydrogen) atoms. The Morgan fingerprint density at radius 3 is 2.55 bits per heavy atom. The summed E-state index contributed by atoms with van der Waals surface area (Å²) in [7, 11) is -2.13. The number of pyridine rings is 1. The van der Waals surface area contributed by atoms with Crippen molar-refractivity contribution in [1.29, 1.82) is 0 Å². The van der Waals surface area contributed by atoms with Crippen LogP contribution in [0, 0.1) is 0 Å². The van der Waals surface area contributed by atoms with E-state index in [-0.39, 0.29) is 16.2 Å². The van der Waals surface area contributed by atoms with E-state index in [1.165, 1.54) is 31.5 Å². The predicted octanol–water partition coefficient (Wildman–Crippen LogP) is 2.51. The van der Waals surface area contributed by atoms with Gasteiger partial charge in [0, 0.05) is 11.8 Å². The number of ether oxygens (including phenoxy) is 1. The fourth-order valence-corrected chi connectivity index (χ4v) is 2.85. The maximum absolute atomic E-state index is 12.2. The van der Waals surface area contributed by atoms with Crippen LogP contribution >= 0.6 is 15.9 Å². The van der Waals surface area contributed by atoms with Crippen molar-refractivity contribution < 1.29 is 17.9 Å². The zero-order valence-electron chi connectivity index (χ0n) is 11.8. The molecule has 1 aromatic carbocycles. The first kappa shape index (κ1) is 16.4. The Hall–Kier alpha value is -1.93. The molecule has 6 nitrogen and oxygen atoms in total. The standard InChI is InChI=1S/C14H13BrN2O4S/c1-21-11-5-3-9(7-12(11)22(2,19)20)14(18)17-10-4-6-13(15)16-8-10/h3-8H,1-2H3,(H,17,18). The SMILES string of the molecule is COc1ccc(C(=O)Nc2ccc(Br)nc2)cc1S(C)(=O)=O. The van der Waals surface area contributed by atoms with Crippen molar-refractivity contribution in [3.63, 3.8) is 0 Å². The Balaban J connectivity index is 2.32. The molecule has 0 atom stereocenters. The average molecular weight is 385 g/mol. The first-order valence-corrected chi connectivity index (χ1v) is 8.80. The lowest BCUT2D eigenvalue weighted by molar-refractivity contribution is 0.102. The predicted molar refractivity (Wildman–Crippen MR) is 86.0 cm³/mol. The van der Waals surface area contributed by atoms with E-state index in [0.29, 0.717) is 10.3 Å². The largest absolute Gasteiger partial charge is 0.495 e. The molecule has 0 aliphatic carbocycles. The maximum Gasteiger partial charge on any atom is 0.255 e. The van der Waals surface area contributed by atoms with E-state index in [9.17, 15) is 13.2 Å². The monoisotopic (exact) mass is 384 g/mol. The van der Waals surface area contributed by atoms with Gasteiger partial charge in [-0.2, -0.15) is 0 Å². The van der Waals surface area contributed by atoms with Gasteiger partial charge in [0.15, 0.2) is 9.84 Å². The molecule has 0 unspecified atom stereocenters. The first-order valence-electron chi connectivity index (χ1n) is 6.12. The number of halogens is 1. The molecule has 1 N–H and O–H groups in total. The fourth-order valence-electron chi connectivity index (χ4n) is 1.76. The second-order valence-corrected chi connectivity index (χ2v) is 7.26. The highest BCUT2D eigenvalue weighted by Gasteiger charge is 2.17. The number of amides is 1. The smallest absolute Gasteiger partial charge is 0.255 e. The number of carbonyl (C=O) groups excluding carboxylic acids is 1. The minimum atomic E-state index is -3.50. The number of benzene rings is 1. The van der Waals surface area contributed by atoms with Gasteiger partial charge in [0.1, 0.15) is 15.2 Å². The summed E-state index contributed by atoms with van der Waals surface area (Å²) in [5.74, 6) is -0.235. The van der Waals surface area contributed by atoms with Gasteiger partial charge in [0.2, 0.25) is 0 Å². The van der Waals surface area contributed by atoms with Crippen LogP contribution in [-0.2, 0) is 9.84 Å². The number of hydrogen-bond donors (Lipinski definition) is 1. The number of rotatable bonds is 4. The zero-order chi connectivity index (χ0) is 16.3. The Bertz CT molecular complexity index is 804. The average Bonchev–Trinajstić information content (AvgIpc) is 2.48. The summed E-state index contributed by atoms with van der Waals surface area (Å²) < 4.78 is 29.2. The lowest BCUT2D eigenvalue weighted by atomic mass is 10.2. The van der Waals surface area contributed by atoms with E-state index in [1.54, 1.807) is 12.1 Å². The van der Waals surface area contributed by atoms with Crippen LogP contribution in [0.15, 0.2) is 46.0 Å². The summed E-state index contributed by atoms with van der Waals surface area (Å²) in [4.78, 5) is 16.2. The fraction of sp³-hybridized carbons (Fsp3) is 0.143. The summed E-state index contributed by atoms with van der Waals surface area (Å²) in [6.07, 6.45) is 2.55. The van der Waals surface area contributed by atoms with Gasteiger partial charge in [-0.25, -0.2) is 13.4 Å². The number of methoxy groups -OCH3 is 1. The molecule has 1 aromatic heterocycles. The van der Waals surface area contributed by atoms with Gasteiger partial charge in [0.05, 0.1) is 19.0 Å². The highest BCUT2D eigenvalue weighted by atomic mass is 79.9. The summed E-state index contributed by atoms with van der Waals surface area (Å²) in [6.45, 7) is 0. The molecule has 1 heterocycles. The third-order valence-electron chi connectivity index (χ3n) is 2.81. The number of aromatic nitrogens is 1. The van der Waals surface area contributed by atoms with Crippen LogP contribution in [0.3, 0.4) is 0 Å². The van der Waals surface area contributed by atoms with Gasteiger partial charge < -0.3 is 10.1 Å². The van der Waals surface area contributed by atoms with Gasteiger partial charge >= 0.3 is 0 Å². The third kappa shape index (κ3) is 3.83. The number of hydrogen-bond acceptors (Lipinski definition) is 5. The minimum absolute atomic E-state index is 0.0309. The number of anilines is 1. The summed E-state index contributed by atoms with van der Waals surface area (Å²) in [5.41, 5.74) is 0.717. The van der Waals surface area contributed by atoms with Crippen molar-refractivity contribution in [3.05, 3.63) is 46.7 Å². The van der Waals surface area contributed by atoms with Crippen molar-refractivity contribution in [3.8, 4) is 5.75 Å². The number of nitrogens with zero attached hydrogens (tertiary/aromatic N) is 1. The van der Waals surface area contributed by atoms with Crippen LogP contribution in [-0.4, -0.2) is 32.7 Å². The van der Waals surface area contributed by atoms with Crippen molar-refractivity contribution >= 4 is 37.4 Å². The van der Waals surface area contributed by atoms with Gasteiger partial charge in [-0.3, -0.25) is 4.79 Å². The topological polar surface area (TPSA) is 85.4 Å². The second-order valence-electron chi connectivity index (χ2n) is 4.46. The Morgan fingerprint density at radius 2 is 2.00 bits per heavy atom. The van der Waals surface area contributed by atoms with Gasteiger partial charge in [-0.05, 0) is 46.3 Å². The van der Waals surface area contributed by atoms with Crippen LogP contribution in [0.25, 0.3) is 0 Å². The van der Waals surface area contributed by atoms with Crippen LogP contribution in [0.2, 0.25) is 0 Å². The van der Waals surface area contributed by atoms with Gasteiger partial charge in [-0.15, -0.1) is 0 Å². The molecular weight excluding hydrogens is 372 g/mol. The quantitative estimate of drug-likeness (QED) is 0.818.